The first kappa shape index (κ1) is 27.7. The minimum absolute atomic E-state index is 0.0965. The highest BCUT2D eigenvalue weighted by atomic mass is 16.5. The molecular formula is C38H45NO3. The minimum Gasteiger partial charge on any atom is -0.492 e. The van der Waals surface area contributed by atoms with Gasteiger partial charge in [-0.25, -0.2) is 0 Å². The molecule has 0 amide bonds. The van der Waals surface area contributed by atoms with Gasteiger partial charge in [-0.2, -0.15) is 0 Å². The van der Waals surface area contributed by atoms with Gasteiger partial charge in [0, 0.05) is 23.1 Å². The molecule has 1 aromatic heterocycles. The Bertz CT molecular complexity index is 1540. The lowest BCUT2D eigenvalue weighted by molar-refractivity contribution is -0.0225. The minimum atomic E-state index is -0.134. The normalized spacial score (nSPS) is 26.7. The summed E-state index contributed by atoms with van der Waals surface area (Å²) < 4.78 is 12.8. The largest absolute Gasteiger partial charge is 0.492 e. The van der Waals surface area contributed by atoms with E-state index in [2.05, 4.69) is 92.4 Å². The molecule has 2 saturated carbocycles. The van der Waals surface area contributed by atoms with Crippen LogP contribution in [0.15, 0.2) is 71.1 Å². The predicted octanol–water partition coefficient (Wildman–Crippen LogP) is 8.70. The highest BCUT2D eigenvalue weighted by Gasteiger charge is 2.54. The van der Waals surface area contributed by atoms with E-state index in [1.165, 1.54) is 41.3 Å². The molecule has 42 heavy (non-hydrogen) atoms. The number of aliphatic hydroxyl groups excluding tert-OH is 1. The molecule has 3 aliphatic carbocycles. The second-order valence-corrected chi connectivity index (χ2v) is 13.2. The van der Waals surface area contributed by atoms with Crippen LogP contribution in [0.1, 0.15) is 69.9 Å². The Morgan fingerprint density at radius 2 is 1.71 bits per heavy atom. The van der Waals surface area contributed by atoms with Gasteiger partial charge in [0.1, 0.15) is 23.7 Å². The Morgan fingerprint density at radius 3 is 2.48 bits per heavy atom. The molecule has 1 N–H and O–H groups in total. The molecule has 4 aromatic rings. The lowest BCUT2D eigenvalue weighted by Gasteiger charge is -2.50. The fourth-order valence-electron chi connectivity index (χ4n) is 8.76. The molecule has 0 saturated heterocycles. The maximum absolute atomic E-state index is 10.9. The zero-order chi connectivity index (χ0) is 28.8. The van der Waals surface area contributed by atoms with Crippen LogP contribution in [0.5, 0.6) is 5.75 Å². The van der Waals surface area contributed by atoms with Gasteiger partial charge in [0.15, 0.2) is 0 Å². The second kappa shape index (κ2) is 11.2. The maximum Gasteiger partial charge on any atom is 0.143 e. The van der Waals surface area contributed by atoms with Gasteiger partial charge in [-0.3, -0.25) is 0 Å². The number of nitrogens with zero attached hydrogens (tertiary/aromatic N) is 1. The molecule has 0 radical (unpaired) electrons. The van der Waals surface area contributed by atoms with Crippen molar-refractivity contribution in [3.63, 3.8) is 0 Å². The van der Waals surface area contributed by atoms with E-state index in [9.17, 15) is 5.11 Å². The summed E-state index contributed by atoms with van der Waals surface area (Å²) in [6.07, 6.45) is 6.64. The number of hydrogen-bond donors (Lipinski definition) is 1. The smallest absolute Gasteiger partial charge is 0.143 e. The molecule has 3 aliphatic rings. The van der Waals surface area contributed by atoms with Crippen LogP contribution in [0, 0.1) is 17.3 Å². The Hall–Kier alpha value is -3.08. The zero-order valence-electron chi connectivity index (χ0n) is 25.4. The van der Waals surface area contributed by atoms with E-state index in [0.29, 0.717) is 24.4 Å². The molecule has 5 unspecified atom stereocenters. The van der Waals surface area contributed by atoms with Gasteiger partial charge < -0.3 is 19.2 Å². The van der Waals surface area contributed by atoms with Crippen LogP contribution in [-0.4, -0.2) is 42.4 Å². The van der Waals surface area contributed by atoms with Crippen molar-refractivity contribution in [3.05, 3.63) is 77.9 Å². The Kier molecular flexibility index (Phi) is 7.40. The molecule has 220 valence electrons. The van der Waals surface area contributed by atoms with Gasteiger partial charge >= 0.3 is 0 Å². The van der Waals surface area contributed by atoms with Crippen molar-refractivity contribution < 1.29 is 14.3 Å². The molecule has 4 nitrogen and oxygen atoms in total. The Balaban J connectivity index is 1.26. The average molecular weight is 564 g/mol. The van der Waals surface area contributed by atoms with Gasteiger partial charge in [0.05, 0.1) is 6.10 Å². The van der Waals surface area contributed by atoms with Crippen molar-refractivity contribution in [2.24, 2.45) is 17.3 Å². The molecule has 5 atom stereocenters. The fourth-order valence-corrected chi connectivity index (χ4v) is 8.76. The monoisotopic (exact) mass is 563 g/mol. The summed E-state index contributed by atoms with van der Waals surface area (Å²) in [4.78, 5) is 2.38. The molecule has 0 spiro atoms. The fraction of sp³-hybridized carbons (Fsp3) is 0.474. The molecule has 7 rings (SSSR count). The van der Waals surface area contributed by atoms with Gasteiger partial charge in [-0.05, 0) is 116 Å². The van der Waals surface area contributed by atoms with Crippen LogP contribution in [0.3, 0.4) is 0 Å². The van der Waals surface area contributed by atoms with Crippen LogP contribution < -0.4 is 4.74 Å². The van der Waals surface area contributed by atoms with Crippen LogP contribution in [-0.2, 0) is 6.42 Å². The van der Waals surface area contributed by atoms with E-state index in [0.717, 1.165) is 67.1 Å². The standard InChI is InChI=1S/C38H45NO3/c1-4-39(5-2)21-22-41-28-14-11-25(12-15-28)36-32-24-31-27(23-34(32)42-37(36)26-9-7-6-8-10-26)13-16-30-29(31)19-20-38(3)33(30)17-18-35(38)40/h6-12,14-15,23-24,29-30,33,35,40H,4-5,13,16-22H2,1-3H3. The third-order valence-corrected chi connectivity index (χ3v) is 11.2. The second-order valence-electron chi connectivity index (χ2n) is 13.2. The van der Waals surface area contributed by atoms with Crippen LogP contribution in [0.2, 0.25) is 0 Å². The lowest BCUT2D eigenvalue weighted by Crippen LogP contribution is -2.43. The Morgan fingerprint density at radius 1 is 0.929 bits per heavy atom. The van der Waals surface area contributed by atoms with Gasteiger partial charge in [-0.15, -0.1) is 0 Å². The SMILES string of the molecule is CCN(CC)CCOc1ccc(-c2c(-c3ccccc3)oc3cc4c(cc23)C2CCC3(C)C(O)CCC3C2CC4)cc1. The molecule has 3 aromatic carbocycles. The number of ether oxygens (including phenoxy) is 1. The third kappa shape index (κ3) is 4.68. The van der Waals surface area contributed by atoms with Crippen molar-refractivity contribution in [2.45, 2.75) is 71.3 Å². The summed E-state index contributed by atoms with van der Waals surface area (Å²) in [7, 11) is 0. The summed E-state index contributed by atoms with van der Waals surface area (Å²) in [5.41, 5.74) is 7.51. The molecule has 1 heterocycles. The van der Waals surface area contributed by atoms with E-state index in [-0.39, 0.29) is 11.5 Å². The van der Waals surface area contributed by atoms with Gasteiger partial charge in [-0.1, -0.05) is 63.2 Å². The van der Waals surface area contributed by atoms with Gasteiger partial charge in [0.2, 0.25) is 0 Å². The number of hydrogen-bond acceptors (Lipinski definition) is 4. The molecular weight excluding hydrogens is 518 g/mol. The van der Waals surface area contributed by atoms with E-state index in [1.54, 1.807) is 0 Å². The highest BCUT2D eigenvalue weighted by Crippen LogP contribution is 2.61. The number of furan rings is 1. The zero-order valence-corrected chi connectivity index (χ0v) is 25.4. The van der Waals surface area contributed by atoms with Gasteiger partial charge in [0.25, 0.3) is 0 Å². The van der Waals surface area contributed by atoms with Crippen molar-refractivity contribution in [3.8, 4) is 28.2 Å². The first-order valence-electron chi connectivity index (χ1n) is 16.3. The number of benzene rings is 3. The lowest BCUT2D eigenvalue weighted by atomic mass is 9.55. The average Bonchev–Trinajstić information content (AvgIpc) is 3.55. The number of likely N-dealkylation sites (N-methyl/N-ethyl adjacent to an activating group) is 1. The highest BCUT2D eigenvalue weighted by molar-refractivity contribution is 6.02. The summed E-state index contributed by atoms with van der Waals surface area (Å²) in [5.74, 6) is 3.72. The first-order chi connectivity index (χ1) is 20.5. The van der Waals surface area contributed by atoms with Crippen molar-refractivity contribution in [1.82, 2.24) is 4.90 Å². The number of rotatable bonds is 8. The van der Waals surface area contributed by atoms with E-state index in [4.69, 9.17) is 9.15 Å². The summed E-state index contributed by atoms with van der Waals surface area (Å²) in [5, 5.41) is 12.1. The molecule has 2 fully saturated rings. The number of aryl methyl sites for hydroxylation is 1. The van der Waals surface area contributed by atoms with Crippen LogP contribution >= 0.6 is 0 Å². The molecule has 0 aliphatic heterocycles. The van der Waals surface area contributed by atoms with Crippen molar-refractivity contribution in [2.75, 3.05) is 26.2 Å². The van der Waals surface area contributed by atoms with E-state index in [1.807, 2.05) is 0 Å². The first-order valence-corrected chi connectivity index (χ1v) is 16.3. The van der Waals surface area contributed by atoms with E-state index >= 15 is 0 Å². The third-order valence-electron chi connectivity index (χ3n) is 11.2. The summed E-state index contributed by atoms with van der Waals surface area (Å²) in [6, 6.07) is 24.0. The summed E-state index contributed by atoms with van der Waals surface area (Å²) in [6.45, 7) is 10.5. The number of aliphatic hydroxyl groups is 1. The van der Waals surface area contributed by atoms with Crippen molar-refractivity contribution in [1.29, 1.82) is 0 Å². The quantitative estimate of drug-likeness (QED) is 0.233. The Labute approximate surface area is 250 Å². The molecule has 4 heteroatoms. The van der Waals surface area contributed by atoms with Crippen LogP contribution in [0.4, 0.5) is 0 Å². The van der Waals surface area contributed by atoms with Crippen molar-refractivity contribution >= 4 is 11.0 Å². The van der Waals surface area contributed by atoms with Crippen LogP contribution in [0.25, 0.3) is 33.4 Å². The molecule has 0 bridgehead atoms. The maximum atomic E-state index is 10.9. The summed E-state index contributed by atoms with van der Waals surface area (Å²) >= 11 is 0. The predicted molar refractivity (Wildman–Crippen MR) is 171 cm³/mol. The topological polar surface area (TPSA) is 45.8 Å². The number of fused-ring (bicyclic) bond motifs is 6. The van der Waals surface area contributed by atoms with E-state index < -0.39 is 0 Å².